The third-order valence-corrected chi connectivity index (χ3v) is 2.80. The Hall–Kier alpha value is -2.56. The van der Waals surface area contributed by atoms with E-state index in [1.54, 1.807) is 26.2 Å². The zero-order valence-corrected chi connectivity index (χ0v) is 11.6. The minimum Gasteiger partial charge on any atom is -0.497 e. The van der Waals surface area contributed by atoms with Gasteiger partial charge >= 0.3 is 5.91 Å². The van der Waals surface area contributed by atoms with Crippen LogP contribution < -0.4 is 10.2 Å². The second kappa shape index (κ2) is 6.06. The number of hydrogen-bond donors (Lipinski definition) is 1. The summed E-state index contributed by atoms with van der Waals surface area (Å²) in [5, 5.41) is 4.05. The van der Waals surface area contributed by atoms with Crippen LogP contribution in [0.2, 0.25) is 0 Å². The number of amides is 1. The van der Waals surface area contributed by atoms with Crippen molar-refractivity contribution in [2.75, 3.05) is 7.11 Å². The maximum absolute atomic E-state index is 11.8. The van der Waals surface area contributed by atoms with E-state index in [0.29, 0.717) is 11.5 Å². The quantitative estimate of drug-likeness (QED) is 0.687. The lowest BCUT2D eigenvalue weighted by Gasteiger charge is -2.03. The molecule has 0 aliphatic rings. The van der Waals surface area contributed by atoms with Crippen LogP contribution in [0.3, 0.4) is 0 Å². The SMILES string of the molecule is COc1ccc(C(C)=NNC(=O)c2ccc(C)o2)cc1. The smallest absolute Gasteiger partial charge is 0.307 e. The van der Waals surface area contributed by atoms with Crippen molar-refractivity contribution in [3.63, 3.8) is 0 Å². The van der Waals surface area contributed by atoms with Crippen LogP contribution in [0.1, 0.15) is 28.8 Å². The van der Waals surface area contributed by atoms with E-state index in [0.717, 1.165) is 11.3 Å². The lowest BCUT2D eigenvalue weighted by atomic mass is 10.1. The van der Waals surface area contributed by atoms with Crippen LogP contribution in [0.15, 0.2) is 45.9 Å². The van der Waals surface area contributed by atoms with Crippen LogP contribution in [0.25, 0.3) is 0 Å². The van der Waals surface area contributed by atoms with Gasteiger partial charge in [-0.05, 0) is 55.8 Å². The zero-order chi connectivity index (χ0) is 14.5. The third kappa shape index (κ3) is 3.26. The Kier molecular flexibility index (Phi) is 4.20. The predicted molar refractivity (Wildman–Crippen MR) is 76.1 cm³/mol. The normalized spacial score (nSPS) is 11.2. The number of benzene rings is 1. The molecule has 1 amide bonds. The van der Waals surface area contributed by atoms with Gasteiger partial charge < -0.3 is 9.15 Å². The second-order valence-corrected chi connectivity index (χ2v) is 4.28. The van der Waals surface area contributed by atoms with Crippen molar-refractivity contribution in [1.82, 2.24) is 5.43 Å². The van der Waals surface area contributed by atoms with Crippen LogP contribution in [0.4, 0.5) is 0 Å². The number of aryl methyl sites for hydroxylation is 1. The van der Waals surface area contributed by atoms with Crippen molar-refractivity contribution < 1.29 is 13.9 Å². The molecule has 5 nitrogen and oxygen atoms in total. The molecule has 2 aromatic rings. The number of carbonyl (C=O) groups is 1. The third-order valence-electron chi connectivity index (χ3n) is 2.80. The van der Waals surface area contributed by atoms with Gasteiger partial charge in [0, 0.05) is 0 Å². The number of hydrogen-bond acceptors (Lipinski definition) is 4. The van der Waals surface area contributed by atoms with Gasteiger partial charge in [0.15, 0.2) is 5.76 Å². The van der Waals surface area contributed by atoms with Gasteiger partial charge in [0.1, 0.15) is 11.5 Å². The zero-order valence-electron chi connectivity index (χ0n) is 11.6. The molecule has 0 aliphatic heterocycles. The minimum atomic E-state index is -0.369. The fourth-order valence-corrected chi connectivity index (χ4v) is 1.64. The Balaban J connectivity index is 2.04. The Bertz CT molecular complexity index is 627. The molecule has 2 rings (SSSR count). The van der Waals surface area contributed by atoms with Gasteiger partial charge in [0.05, 0.1) is 12.8 Å². The molecule has 1 aromatic carbocycles. The number of hydrazone groups is 1. The summed E-state index contributed by atoms with van der Waals surface area (Å²) in [5.41, 5.74) is 4.07. The highest BCUT2D eigenvalue weighted by molar-refractivity contribution is 6.00. The van der Waals surface area contributed by atoms with E-state index >= 15 is 0 Å². The standard InChI is InChI=1S/C15H16N2O3/c1-10-4-9-14(20-10)15(18)17-16-11(2)12-5-7-13(19-3)8-6-12/h4-9H,1-3H3,(H,17,18). The van der Waals surface area contributed by atoms with Crippen LogP contribution in [-0.2, 0) is 0 Å². The molecule has 1 N–H and O–H groups in total. The van der Waals surface area contributed by atoms with Crippen molar-refractivity contribution in [2.45, 2.75) is 13.8 Å². The number of ether oxygens (including phenoxy) is 1. The van der Waals surface area contributed by atoms with E-state index in [9.17, 15) is 4.79 Å². The van der Waals surface area contributed by atoms with E-state index in [1.165, 1.54) is 0 Å². The van der Waals surface area contributed by atoms with E-state index < -0.39 is 0 Å². The summed E-state index contributed by atoms with van der Waals surface area (Å²) < 4.78 is 10.3. The monoisotopic (exact) mass is 272 g/mol. The molecular weight excluding hydrogens is 256 g/mol. The van der Waals surface area contributed by atoms with Gasteiger partial charge in [-0.3, -0.25) is 4.79 Å². The minimum absolute atomic E-state index is 0.244. The molecule has 0 saturated heterocycles. The maximum Gasteiger partial charge on any atom is 0.307 e. The summed E-state index contributed by atoms with van der Waals surface area (Å²) >= 11 is 0. The number of nitrogens with one attached hydrogen (secondary N) is 1. The van der Waals surface area contributed by atoms with Crippen molar-refractivity contribution in [3.05, 3.63) is 53.5 Å². The highest BCUT2D eigenvalue weighted by Gasteiger charge is 2.09. The molecule has 1 heterocycles. The second-order valence-electron chi connectivity index (χ2n) is 4.28. The van der Waals surface area contributed by atoms with Gasteiger partial charge in [-0.2, -0.15) is 5.10 Å². The summed E-state index contributed by atoms with van der Waals surface area (Å²) in [6, 6.07) is 10.8. The molecule has 1 aromatic heterocycles. The van der Waals surface area contributed by atoms with Gasteiger partial charge in [-0.1, -0.05) is 0 Å². The molecule has 0 saturated carbocycles. The Morgan fingerprint density at radius 3 is 2.45 bits per heavy atom. The molecule has 0 unspecified atom stereocenters. The first-order chi connectivity index (χ1) is 9.60. The summed E-state index contributed by atoms with van der Waals surface area (Å²) in [7, 11) is 1.61. The first-order valence-corrected chi connectivity index (χ1v) is 6.15. The molecule has 0 fully saturated rings. The summed E-state index contributed by atoms with van der Waals surface area (Å²) in [6.45, 7) is 3.60. The highest BCUT2D eigenvalue weighted by atomic mass is 16.5. The molecule has 104 valence electrons. The van der Waals surface area contributed by atoms with E-state index in [4.69, 9.17) is 9.15 Å². The molecule has 0 atom stereocenters. The molecule has 5 heteroatoms. The number of carbonyl (C=O) groups excluding carboxylic acids is 1. The van der Waals surface area contributed by atoms with Crippen LogP contribution >= 0.6 is 0 Å². The molecule has 0 spiro atoms. The largest absolute Gasteiger partial charge is 0.497 e. The van der Waals surface area contributed by atoms with Gasteiger partial charge in [-0.25, -0.2) is 5.43 Å². The number of methoxy groups -OCH3 is 1. The van der Waals surface area contributed by atoms with Crippen molar-refractivity contribution >= 4 is 11.6 Å². The van der Waals surface area contributed by atoms with Gasteiger partial charge in [0.25, 0.3) is 0 Å². The van der Waals surface area contributed by atoms with E-state index in [1.807, 2.05) is 31.2 Å². The van der Waals surface area contributed by atoms with Gasteiger partial charge in [-0.15, -0.1) is 0 Å². The highest BCUT2D eigenvalue weighted by Crippen LogP contribution is 2.12. The van der Waals surface area contributed by atoms with Crippen LogP contribution in [0.5, 0.6) is 5.75 Å². The van der Waals surface area contributed by atoms with Crippen molar-refractivity contribution in [1.29, 1.82) is 0 Å². The molecule has 0 bridgehead atoms. The number of nitrogens with zero attached hydrogens (tertiary/aromatic N) is 1. The van der Waals surface area contributed by atoms with Gasteiger partial charge in [0.2, 0.25) is 0 Å². The summed E-state index contributed by atoms with van der Waals surface area (Å²) in [6.07, 6.45) is 0. The average molecular weight is 272 g/mol. The van der Waals surface area contributed by atoms with Crippen molar-refractivity contribution in [2.24, 2.45) is 5.10 Å². The number of furan rings is 1. The topological polar surface area (TPSA) is 63.8 Å². The molecule has 0 aliphatic carbocycles. The maximum atomic E-state index is 11.8. The Morgan fingerprint density at radius 2 is 1.90 bits per heavy atom. The van der Waals surface area contributed by atoms with Crippen molar-refractivity contribution in [3.8, 4) is 5.75 Å². The van der Waals surface area contributed by atoms with E-state index in [2.05, 4.69) is 10.5 Å². The van der Waals surface area contributed by atoms with Crippen LogP contribution in [0, 0.1) is 6.92 Å². The number of rotatable bonds is 4. The Morgan fingerprint density at radius 1 is 1.20 bits per heavy atom. The van der Waals surface area contributed by atoms with Crippen LogP contribution in [-0.4, -0.2) is 18.7 Å². The Labute approximate surface area is 117 Å². The summed E-state index contributed by atoms with van der Waals surface area (Å²) in [5.74, 6) is 1.34. The first-order valence-electron chi connectivity index (χ1n) is 6.15. The lowest BCUT2D eigenvalue weighted by molar-refractivity contribution is 0.0926. The lowest BCUT2D eigenvalue weighted by Crippen LogP contribution is -2.18. The fraction of sp³-hybridized carbons (Fsp3) is 0.200. The average Bonchev–Trinajstić information content (AvgIpc) is 2.91. The molecule has 0 radical (unpaired) electrons. The first kappa shape index (κ1) is 13.9. The fourth-order valence-electron chi connectivity index (χ4n) is 1.64. The molecular formula is C15H16N2O3. The van der Waals surface area contributed by atoms with E-state index in [-0.39, 0.29) is 11.7 Å². The summed E-state index contributed by atoms with van der Waals surface area (Å²) in [4.78, 5) is 11.8. The predicted octanol–water partition coefficient (Wildman–Crippen LogP) is 2.75. The molecule has 20 heavy (non-hydrogen) atoms.